The van der Waals surface area contributed by atoms with E-state index < -0.39 is 17.5 Å². The average molecular weight is 610 g/mol. The van der Waals surface area contributed by atoms with Crippen molar-refractivity contribution < 1.29 is 27.4 Å². The molecule has 1 aromatic carbocycles. The van der Waals surface area contributed by atoms with Gasteiger partial charge in [-0.1, -0.05) is 5.21 Å². The molecule has 232 valence electrons. The van der Waals surface area contributed by atoms with Gasteiger partial charge in [0, 0.05) is 69.3 Å². The lowest BCUT2D eigenvalue weighted by molar-refractivity contribution is -0.138. The number of anilines is 1. The number of piperazine rings is 1. The Bertz CT molecular complexity index is 1600. The number of aromatic nitrogens is 5. The standard InChI is InChI=1S/C31H34F3N7O3/c1-4-44-12-11-39-7-9-40(10-8-39)25-15-24(18-35-19-25)27-20-41(38-37-27)28-13-22(17-36-21(28)2)14-29(42)23-5-6-30(43-3)26(16-23)31(32,33)34/h5-6,13,15-20H,4,7-12,14H2,1-3H3. The maximum absolute atomic E-state index is 13.5. The lowest BCUT2D eigenvalue weighted by Gasteiger charge is -2.35. The number of pyridine rings is 2. The summed E-state index contributed by atoms with van der Waals surface area (Å²) in [6.45, 7) is 9.85. The molecule has 1 saturated heterocycles. The quantitative estimate of drug-likeness (QED) is 0.178. The van der Waals surface area contributed by atoms with Crippen LogP contribution < -0.4 is 9.64 Å². The van der Waals surface area contributed by atoms with Crippen LogP contribution in [-0.2, 0) is 17.3 Å². The fourth-order valence-electron chi connectivity index (χ4n) is 5.10. The van der Waals surface area contributed by atoms with Crippen LogP contribution in [0.25, 0.3) is 16.9 Å². The second kappa shape index (κ2) is 13.5. The minimum Gasteiger partial charge on any atom is -0.496 e. The molecule has 1 aliphatic heterocycles. The Morgan fingerprint density at radius 2 is 1.84 bits per heavy atom. The van der Waals surface area contributed by atoms with Crippen molar-refractivity contribution in [3.63, 3.8) is 0 Å². The van der Waals surface area contributed by atoms with Crippen LogP contribution in [-0.4, -0.2) is 88.7 Å². The van der Waals surface area contributed by atoms with E-state index >= 15 is 0 Å². The van der Waals surface area contributed by atoms with Crippen molar-refractivity contribution in [1.82, 2.24) is 29.9 Å². The van der Waals surface area contributed by atoms with Gasteiger partial charge < -0.3 is 14.4 Å². The molecule has 1 fully saturated rings. The minimum absolute atomic E-state index is 0.0670. The molecule has 0 bridgehead atoms. The number of carbonyl (C=O) groups excluding carboxylic acids is 1. The number of methoxy groups -OCH3 is 1. The van der Waals surface area contributed by atoms with Gasteiger partial charge in [-0.3, -0.25) is 19.7 Å². The highest BCUT2D eigenvalue weighted by Gasteiger charge is 2.35. The van der Waals surface area contributed by atoms with Crippen molar-refractivity contribution in [2.45, 2.75) is 26.4 Å². The van der Waals surface area contributed by atoms with Crippen molar-refractivity contribution >= 4 is 11.5 Å². The predicted octanol–water partition coefficient (Wildman–Crippen LogP) is 4.64. The topological polar surface area (TPSA) is 98.5 Å². The number of ketones is 1. The largest absolute Gasteiger partial charge is 0.496 e. The third kappa shape index (κ3) is 7.22. The Morgan fingerprint density at radius 1 is 1.05 bits per heavy atom. The van der Waals surface area contributed by atoms with E-state index in [-0.39, 0.29) is 17.7 Å². The number of carbonyl (C=O) groups is 1. The van der Waals surface area contributed by atoms with Gasteiger partial charge in [0.2, 0.25) is 0 Å². The predicted molar refractivity (Wildman–Crippen MR) is 158 cm³/mol. The number of aryl methyl sites for hydroxylation is 1. The number of rotatable bonds is 11. The van der Waals surface area contributed by atoms with Crippen molar-refractivity contribution in [3.8, 4) is 22.7 Å². The SMILES string of the molecule is CCOCCN1CCN(c2cncc(-c3cn(-c4cc(CC(=O)c5ccc(OC)c(C(F)(F)F)c5)cnc4C)nn3)c2)CC1. The number of nitrogens with zero attached hydrogens (tertiary/aromatic N) is 7. The zero-order valence-corrected chi connectivity index (χ0v) is 24.8. The van der Waals surface area contributed by atoms with E-state index in [4.69, 9.17) is 9.47 Å². The Kier molecular flexibility index (Phi) is 9.55. The smallest absolute Gasteiger partial charge is 0.419 e. The molecule has 3 aromatic heterocycles. The minimum atomic E-state index is -4.65. The van der Waals surface area contributed by atoms with Crippen molar-refractivity contribution in [1.29, 1.82) is 0 Å². The molecule has 0 aliphatic carbocycles. The zero-order chi connectivity index (χ0) is 31.3. The highest BCUT2D eigenvalue weighted by molar-refractivity contribution is 5.98. The maximum atomic E-state index is 13.5. The van der Waals surface area contributed by atoms with Gasteiger partial charge in [-0.2, -0.15) is 13.2 Å². The number of ether oxygens (including phenoxy) is 2. The third-order valence-corrected chi connectivity index (χ3v) is 7.56. The van der Waals surface area contributed by atoms with E-state index in [0.717, 1.165) is 76.4 Å². The molecule has 0 unspecified atom stereocenters. The van der Waals surface area contributed by atoms with Gasteiger partial charge in [0.1, 0.15) is 11.4 Å². The highest BCUT2D eigenvalue weighted by Crippen LogP contribution is 2.37. The first-order valence-electron chi connectivity index (χ1n) is 14.3. The molecule has 0 amide bonds. The Morgan fingerprint density at radius 3 is 2.57 bits per heavy atom. The molecule has 0 spiro atoms. The number of hydrogen-bond donors (Lipinski definition) is 0. The summed E-state index contributed by atoms with van der Waals surface area (Å²) in [6, 6.07) is 7.08. The van der Waals surface area contributed by atoms with Crippen LogP contribution in [0.15, 0.2) is 55.1 Å². The van der Waals surface area contributed by atoms with Crippen molar-refractivity contribution in [3.05, 3.63) is 77.5 Å². The molecule has 0 radical (unpaired) electrons. The summed E-state index contributed by atoms with van der Waals surface area (Å²) in [5, 5.41) is 8.64. The molecular weight excluding hydrogens is 575 g/mol. The van der Waals surface area contributed by atoms with Crippen LogP contribution in [0.5, 0.6) is 5.75 Å². The molecule has 10 nitrogen and oxygen atoms in total. The molecule has 1 aliphatic rings. The van der Waals surface area contributed by atoms with Crippen LogP contribution in [0, 0.1) is 6.92 Å². The monoisotopic (exact) mass is 609 g/mol. The second-order valence-corrected chi connectivity index (χ2v) is 10.5. The molecule has 0 atom stereocenters. The molecule has 4 heterocycles. The fourth-order valence-corrected chi connectivity index (χ4v) is 5.10. The van der Waals surface area contributed by atoms with Crippen LogP contribution in [0.3, 0.4) is 0 Å². The highest BCUT2D eigenvalue weighted by atomic mass is 19.4. The average Bonchev–Trinajstić information content (AvgIpc) is 3.52. The van der Waals surface area contributed by atoms with Gasteiger partial charge in [-0.15, -0.1) is 5.10 Å². The van der Waals surface area contributed by atoms with Crippen LogP contribution in [0.4, 0.5) is 18.9 Å². The number of halogens is 3. The van der Waals surface area contributed by atoms with Gasteiger partial charge in [-0.25, -0.2) is 4.68 Å². The van der Waals surface area contributed by atoms with E-state index in [1.807, 2.05) is 19.2 Å². The number of Topliss-reactive ketones (excluding diaryl/α,β-unsaturated/α-hetero) is 1. The fraction of sp³-hybridized carbons (Fsp3) is 0.387. The Labute approximate surface area is 253 Å². The van der Waals surface area contributed by atoms with Crippen molar-refractivity contribution in [2.75, 3.05) is 57.9 Å². The van der Waals surface area contributed by atoms with Crippen LogP contribution >= 0.6 is 0 Å². The summed E-state index contributed by atoms with van der Waals surface area (Å²) < 4.78 is 52.3. The molecular formula is C31H34F3N7O3. The zero-order valence-electron chi connectivity index (χ0n) is 24.8. The second-order valence-electron chi connectivity index (χ2n) is 10.5. The summed E-state index contributed by atoms with van der Waals surface area (Å²) in [7, 11) is 1.15. The summed E-state index contributed by atoms with van der Waals surface area (Å²) in [6.07, 6.45) is 2.09. The molecule has 44 heavy (non-hydrogen) atoms. The Balaban J connectivity index is 1.29. The lowest BCUT2D eigenvalue weighted by atomic mass is 10.0. The first kappa shape index (κ1) is 31.1. The number of benzene rings is 1. The van der Waals surface area contributed by atoms with Gasteiger partial charge in [0.15, 0.2) is 5.78 Å². The molecule has 0 N–H and O–H groups in total. The van der Waals surface area contributed by atoms with Crippen molar-refractivity contribution in [2.24, 2.45) is 0 Å². The van der Waals surface area contributed by atoms with E-state index in [9.17, 15) is 18.0 Å². The van der Waals surface area contributed by atoms with Gasteiger partial charge >= 0.3 is 6.18 Å². The van der Waals surface area contributed by atoms with E-state index in [2.05, 4.69) is 30.1 Å². The summed E-state index contributed by atoms with van der Waals surface area (Å²) in [4.78, 5) is 26.5. The maximum Gasteiger partial charge on any atom is 0.419 e. The molecule has 0 saturated carbocycles. The van der Waals surface area contributed by atoms with E-state index in [1.165, 1.54) is 12.3 Å². The van der Waals surface area contributed by atoms with Crippen LogP contribution in [0.2, 0.25) is 0 Å². The number of alkyl halides is 3. The number of hydrogen-bond acceptors (Lipinski definition) is 9. The normalized spacial score (nSPS) is 14.2. The molecule has 13 heteroatoms. The van der Waals surface area contributed by atoms with Gasteiger partial charge in [0.05, 0.1) is 48.7 Å². The van der Waals surface area contributed by atoms with Crippen LogP contribution in [0.1, 0.15) is 34.1 Å². The summed E-state index contributed by atoms with van der Waals surface area (Å²) in [5.41, 5.74) is 3.15. The first-order valence-corrected chi connectivity index (χ1v) is 14.3. The van der Waals surface area contributed by atoms with Gasteiger partial charge in [-0.05, 0) is 49.7 Å². The lowest BCUT2D eigenvalue weighted by Crippen LogP contribution is -2.47. The molecule has 5 rings (SSSR count). The first-order chi connectivity index (χ1) is 21.2. The van der Waals surface area contributed by atoms with E-state index in [0.29, 0.717) is 22.6 Å². The summed E-state index contributed by atoms with van der Waals surface area (Å²) >= 11 is 0. The van der Waals surface area contributed by atoms with E-state index in [1.54, 1.807) is 30.1 Å². The summed E-state index contributed by atoms with van der Waals surface area (Å²) in [5.74, 6) is -0.820. The molecule has 4 aromatic rings. The third-order valence-electron chi connectivity index (χ3n) is 7.56. The Hall–Kier alpha value is -4.36. The van der Waals surface area contributed by atoms with Gasteiger partial charge in [0.25, 0.3) is 0 Å².